The number of carbonyl (C=O) groups excluding carboxylic acids is 1. The highest BCUT2D eigenvalue weighted by molar-refractivity contribution is 7.13. The number of nitrogens with one attached hydrogen (secondary N) is 1. The molecule has 4 nitrogen and oxygen atoms in total. The fourth-order valence-electron chi connectivity index (χ4n) is 4.01. The molecule has 1 amide bonds. The second-order valence-electron chi connectivity index (χ2n) is 8.29. The number of nitrogens with zero attached hydrogens (tertiary/aromatic N) is 2. The highest BCUT2D eigenvalue weighted by Gasteiger charge is 2.23. The molecular formula is C25H25F2N3OS. The maximum atomic E-state index is 13.9. The second-order valence-corrected chi connectivity index (χ2v) is 9.17. The minimum atomic E-state index is -0.882. The third kappa shape index (κ3) is 4.88. The van der Waals surface area contributed by atoms with Crippen LogP contribution in [-0.4, -0.2) is 24.0 Å². The number of hydrogen-bond acceptors (Lipinski definition) is 4. The van der Waals surface area contributed by atoms with Gasteiger partial charge >= 0.3 is 0 Å². The molecule has 0 spiro atoms. The molecule has 2 aromatic carbocycles. The fourth-order valence-corrected chi connectivity index (χ4v) is 4.68. The minimum Gasteiger partial charge on any atom is -0.343 e. The zero-order chi connectivity index (χ0) is 22.7. The third-order valence-corrected chi connectivity index (χ3v) is 6.32. The molecule has 1 aromatic heterocycles. The van der Waals surface area contributed by atoms with Gasteiger partial charge in [-0.25, -0.2) is 13.8 Å². The summed E-state index contributed by atoms with van der Waals surface area (Å²) in [5.74, 6) is -2.01. The summed E-state index contributed by atoms with van der Waals surface area (Å²) < 4.78 is 27.8. The van der Waals surface area contributed by atoms with Crippen molar-refractivity contribution in [3.05, 3.63) is 82.4 Å². The third-order valence-electron chi connectivity index (χ3n) is 5.48. The van der Waals surface area contributed by atoms with Crippen LogP contribution in [0, 0.1) is 17.6 Å². The Balaban J connectivity index is 1.56. The number of aromatic nitrogens is 1. The van der Waals surface area contributed by atoms with E-state index in [0.717, 1.165) is 48.8 Å². The highest BCUT2D eigenvalue weighted by Crippen LogP contribution is 2.34. The first-order valence-corrected chi connectivity index (χ1v) is 11.5. The van der Waals surface area contributed by atoms with E-state index in [1.54, 1.807) is 23.5 Å². The van der Waals surface area contributed by atoms with Crippen LogP contribution in [0.1, 0.15) is 42.6 Å². The summed E-state index contributed by atoms with van der Waals surface area (Å²) in [5.41, 5.74) is 3.71. The number of halogens is 2. The summed E-state index contributed by atoms with van der Waals surface area (Å²) in [6.07, 6.45) is 3.84. The Morgan fingerprint density at radius 2 is 1.88 bits per heavy atom. The van der Waals surface area contributed by atoms with Crippen LogP contribution >= 0.6 is 11.3 Å². The van der Waals surface area contributed by atoms with Crippen LogP contribution in [0.25, 0.3) is 5.57 Å². The predicted molar refractivity (Wildman–Crippen MR) is 126 cm³/mol. The summed E-state index contributed by atoms with van der Waals surface area (Å²) in [6.45, 7) is 6.17. The van der Waals surface area contributed by atoms with Gasteiger partial charge in [-0.05, 0) is 54.2 Å². The van der Waals surface area contributed by atoms with Gasteiger partial charge in [-0.2, -0.15) is 0 Å². The lowest BCUT2D eigenvalue weighted by atomic mass is 9.89. The van der Waals surface area contributed by atoms with E-state index in [-0.39, 0.29) is 0 Å². The Morgan fingerprint density at radius 3 is 2.50 bits per heavy atom. The van der Waals surface area contributed by atoms with E-state index in [9.17, 15) is 13.6 Å². The van der Waals surface area contributed by atoms with Crippen molar-refractivity contribution in [2.75, 3.05) is 23.3 Å². The zero-order valence-electron chi connectivity index (χ0n) is 18.1. The van der Waals surface area contributed by atoms with Crippen molar-refractivity contribution < 1.29 is 13.6 Å². The standard InChI is InChI=1S/C25H25F2N3OS/c1-16(2)14-18-10-12-30(25-28-11-13-32-25)15-20(18)17-6-8-19(9-7-17)29-24(31)23-21(26)4-3-5-22(23)27/h3-9,11,13,16H,10,12,14-15H2,1-2H3,(H,29,31). The molecule has 2 heterocycles. The predicted octanol–water partition coefficient (Wildman–Crippen LogP) is 6.38. The number of thiazole rings is 1. The molecule has 1 N–H and O–H groups in total. The smallest absolute Gasteiger partial charge is 0.261 e. The number of hydrogen-bond donors (Lipinski definition) is 1. The van der Waals surface area contributed by atoms with Crippen LogP contribution in [0.5, 0.6) is 0 Å². The first-order chi connectivity index (χ1) is 15.4. The maximum absolute atomic E-state index is 13.9. The Labute approximate surface area is 190 Å². The number of rotatable bonds is 6. The lowest BCUT2D eigenvalue weighted by Gasteiger charge is -2.32. The highest BCUT2D eigenvalue weighted by atomic mass is 32.1. The molecule has 0 fully saturated rings. The summed E-state index contributed by atoms with van der Waals surface area (Å²) in [5, 5.41) is 5.59. The summed E-state index contributed by atoms with van der Waals surface area (Å²) in [4.78, 5) is 19.1. The van der Waals surface area contributed by atoms with Gasteiger partial charge in [0.15, 0.2) is 5.13 Å². The van der Waals surface area contributed by atoms with E-state index in [2.05, 4.69) is 29.0 Å². The van der Waals surface area contributed by atoms with Gasteiger partial charge in [0.2, 0.25) is 0 Å². The van der Waals surface area contributed by atoms with E-state index >= 15 is 0 Å². The molecule has 0 saturated heterocycles. The molecule has 0 atom stereocenters. The quantitative estimate of drug-likeness (QED) is 0.471. The van der Waals surface area contributed by atoms with E-state index in [1.165, 1.54) is 17.2 Å². The van der Waals surface area contributed by atoms with Gasteiger partial charge in [0.05, 0.1) is 0 Å². The zero-order valence-corrected chi connectivity index (χ0v) is 18.9. The molecule has 1 aliphatic heterocycles. The SMILES string of the molecule is CC(C)CC1=C(c2ccc(NC(=O)c3c(F)cccc3F)cc2)CN(c2nccs2)CC1. The Morgan fingerprint density at radius 1 is 1.16 bits per heavy atom. The van der Waals surface area contributed by atoms with Gasteiger partial charge in [0, 0.05) is 30.4 Å². The monoisotopic (exact) mass is 453 g/mol. The van der Waals surface area contributed by atoms with Crippen molar-refractivity contribution in [2.45, 2.75) is 26.7 Å². The number of anilines is 2. The number of amides is 1. The minimum absolute atomic E-state index is 0.486. The van der Waals surface area contributed by atoms with E-state index in [4.69, 9.17) is 0 Å². The van der Waals surface area contributed by atoms with Crippen LogP contribution in [0.15, 0.2) is 59.6 Å². The molecule has 4 rings (SSSR count). The second kappa shape index (κ2) is 9.61. The van der Waals surface area contributed by atoms with E-state index in [1.807, 2.05) is 23.7 Å². The van der Waals surface area contributed by atoms with Gasteiger partial charge in [0.25, 0.3) is 5.91 Å². The molecular weight excluding hydrogens is 428 g/mol. The normalized spacial score (nSPS) is 14.2. The summed E-state index contributed by atoms with van der Waals surface area (Å²) in [7, 11) is 0. The number of carbonyl (C=O) groups is 1. The van der Waals surface area contributed by atoms with Crippen molar-refractivity contribution in [1.29, 1.82) is 0 Å². The van der Waals surface area contributed by atoms with Crippen LogP contribution < -0.4 is 10.2 Å². The largest absolute Gasteiger partial charge is 0.343 e. The summed E-state index contributed by atoms with van der Waals surface area (Å²) in [6, 6.07) is 10.8. The average Bonchev–Trinajstić information content (AvgIpc) is 3.29. The molecule has 32 heavy (non-hydrogen) atoms. The Kier molecular flexibility index (Phi) is 6.65. The van der Waals surface area contributed by atoms with E-state index < -0.39 is 23.1 Å². The molecule has 0 aliphatic carbocycles. The van der Waals surface area contributed by atoms with Crippen LogP contribution in [-0.2, 0) is 0 Å². The fraction of sp³-hybridized carbons (Fsp3) is 0.280. The van der Waals surface area contributed by atoms with E-state index in [0.29, 0.717) is 11.6 Å². The molecule has 166 valence electrons. The number of benzene rings is 2. The van der Waals surface area contributed by atoms with Crippen molar-refractivity contribution in [3.63, 3.8) is 0 Å². The average molecular weight is 454 g/mol. The molecule has 1 aliphatic rings. The van der Waals surface area contributed by atoms with Crippen molar-refractivity contribution in [2.24, 2.45) is 5.92 Å². The topological polar surface area (TPSA) is 45.2 Å². The Hall–Kier alpha value is -3.06. The van der Waals surface area contributed by atoms with Gasteiger partial charge < -0.3 is 10.2 Å². The van der Waals surface area contributed by atoms with Crippen molar-refractivity contribution in [1.82, 2.24) is 4.98 Å². The lowest BCUT2D eigenvalue weighted by Crippen LogP contribution is -2.31. The molecule has 0 unspecified atom stereocenters. The molecule has 7 heteroatoms. The van der Waals surface area contributed by atoms with Gasteiger partial charge in [-0.3, -0.25) is 4.79 Å². The van der Waals surface area contributed by atoms with Crippen LogP contribution in [0.3, 0.4) is 0 Å². The first kappa shape index (κ1) is 22.1. The molecule has 0 bridgehead atoms. The molecule has 0 saturated carbocycles. The molecule has 3 aromatic rings. The van der Waals surface area contributed by atoms with Crippen LogP contribution in [0.2, 0.25) is 0 Å². The lowest BCUT2D eigenvalue weighted by molar-refractivity contribution is 0.101. The maximum Gasteiger partial charge on any atom is 0.261 e. The summed E-state index contributed by atoms with van der Waals surface area (Å²) >= 11 is 1.63. The Bertz CT molecular complexity index is 1100. The first-order valence-electron chi connectivity index (χ1n) is 10.6. The molecule has 0 radical (unpaired) electrons. The van der Waals surface area contributed by atoms with Crippen molar-refractivity contribution >= 4 is 33.6 Å². The van der Waals surface area contributed by atoms with Crippen molar-refractivity contribution in [3.8, 4) is 0 Å². The van der Waals surface area contributed by atoms with Gasteiger partial charge in [0.1, 0.15) is 17.2 Å². The van der Waals surface area contributed by atoms with Gasteiger partial charge in [-0.1, -0.05) is 37.6 Å². The van der Waals surface area contributed by atoms with Crippen LogP contribution in [0.4, 0.5) is 19.6 Å². The van der Waals surface area contributed by atoms with Gasteiger partial charge in [-0.15, -0.1) is 11.3 Å².